The van der Waals surface area contributed by atoms with Crippen molar-refractivity contribution < 1.29 is 33.3 Å². The van der Waals surface area contributed by atoms with E-state index in [1.807, 2.05) is 49.4 Å². The smallest absolute Gasteiger partial charge is 0.344 e. The van der Waals surface area contributed by atoms with E-state index >= 15 is 0 Å². The monoisotopic (exact) mass is 744 g/mol. The number of ether oxygens (including phenoxy) is 4. The zero-order valence-corrected chi connectivity index (χ0v) is 31.9. The van der Waals surface area contributed by atoms with Crippen molar-refractivity contribution in [3.05, 3.63) is 72.3 Å². The second kappa shape index (κ2) is 13.7. The number of carbonyl (C=O) groups excluding carboxylic acids is 3. The average Bonchev–Trinajstić information content (AvgIpc) is 3.72. The topological polar surface area (TPSA) is 88.1 Å². The molecule has 1 atom stereocenters. The van der Waals surface area contributed by atoms with Gasteiger partial charge in [-0.25, -0.2) is 4.79 Å². The van der Waals surface area contributed by atoms with Gasteiger partial charge in [0.2, 0.25) is 0 Å². The average molecular weight is 745 g/mol. The molecule has 5 saturated carbocycles. The standard InChI is InChI=1S/C43H49ClO7S/c1-4-43(17-9-10-18-43)51-39(45)25-35(41(47)49-26-40(46)50-42(2)29-20-27-19-28(22-29)23-30(42)21-27)34-24-31(15-16-36(34)48-3)52(44)37-13-7-5-11-32(37)33-12-6-8-14-38(33)52/h5-8,11-16,24,27-30,35H,4,9-10,17-23,25-26H2,1-3H3. The Hall–Kier alpha value is -3.49. The third-order valence-corrected chi connectivity index (χ3v) is 17.5. The van der Waals surface area contributed by atoms with Gasteiger partial charge in [0.1, 0.15) is 17.0 Å². The summed E-state index contributed by atoms with van der Waals surface area (Å²) in [5.41, 5.74) is 1.55. The fourth-order valence-corrected chi connectivity index (χ4v) is 14.4. The lowest BCUT2D eigenvalue weighted by Crippen LogP contribution is -2.58. The van der Waals surface area contributed by atoms with Crippen LogP contribution in [0.3, 0.4) is 0 Å². The van der Waals surface area contributed by atoms with E-state index in [0.717, 1.165) is 89.0 Å². The zero-order valence-electron chi connectivity index (χ0n) is 30.4. The van der Waals surface area contributed by atoms with Crippen molar-refractivity contribution in [3.63, 3.8) is 0 Å². The van der Waals surface area contributed by atoms with Crippen LogP contribution in [0.15, 0.2) is 81.4 Å². The molecule has 0 amide bonds. The first-order valence-corrected chi connectivity index (χ1v) is 21.5. The van der Waals surface area contributed by atoms with Gasteiger partial charge in [-0.3, -0.25) is 9.59 Å². The van der Waals surface area contributed by atoms with Gasteiger partial charge in [-0.15, -0.1) is 0 Å². The molecule has 0 radical (unpaired) electrons. The van der Waals surface area contributed by atoms with Crippen molar-refractivity contribution in [1.29, 1.82) is 0 Å². The van der Waals surface area contributed by atoms with E-state index in [1.165, 1.54) is 13.5 Å². The maximum Gasteiger partial charge on any atom is 0.344 e. The number of methoxy groups -OCH3 is 1. The van der Waals surface area contributed by atoms with Crippen LogP contribution in [-0.2, 0) is 28.6 Å². The van der Waals surface area contributed by atoms with Gasteiger partial charge < -0.3 is 18.9 Å². The predicted octanol–water partition coefficient (Wildman–Crippen LogP) is 10.2. The van der Waals surface area contributed by atoms with Crippen LogP contribution in [0.1, 0.15) is 96.0 Å². The van der Waals surface area contributed by atoms with Crippen molar-refractivity contribution in [2.75, 3.05) is 13.7 Å². The molecule has 9 heteroatoms. The molecule has 0 aromatic heterocycles. The summed E-state index contributed by atoms with van der Waals surface area (Å²) in [4.78, 5) is 44.3. The Morgan fingerprint density at radius 2 is 1.42 bits per heavy atom. The Labute approximate surface area is 312 Å². The summed E-state index contributed by atoms with van der Waals surface area (Å²) in [6.07, 6.45) is 9.70. The molecular weight excluding hydrogens is 696 g/mol. The molecule has 3 aromatic rings. The molecule has 9 rings (SSSR count). The van der Waals surface area contributed by atoms with Gasteiger partial charge in [-0.2, -0.15) is 0 Å². The number of hydrogen-bond donors (Lipinski definition) is 0. The van der Waals surface area contributed by atoms with Crippen LogP contribution in [0.5, 0.6) is 5.75 Å². The number of carbonyl (C=O) groups is 3. The lowest BCUT2D eigenvalue weighted by Gasteiger charge is -2.59. The molecule has 0 N–H and O–H groups in total. The molecule has 0 saturated heterocycles. The number of fused-ring (bicyclic) bond motifs is 3. The number of hydrogen-bond acceptors (Lipinski definition) is 7. The quantitative estimate of drug-likeness (QED) is 0.143. The van der Waals surface area contributed by atoms with Crippen LogP contribution in [0.2, 0.25) is 0 Å². The number of esters is 3. The first-order valence-electron chi connectivity index (χ1n) is 19.1. The van der Waals surface area contributed by atoms with Crippen LogP contribution in [0.4, 0.5) is 0 Å². The predicted molar refractivity (Wildman–Crippen MR) is 201 cm³/mol. The Morgan fingerprint density at radius 1 is 0.827 bits per heavy atom. The van der Waals surface area contributed by atoms with Crippen LogP contribution in [0.25, 0.3) is 11.1 Å². The summed E-state index contributed by atoms with van der Waals surface area (Å²) < 4.78 is 24.0. The molecular formula is C43H49ClO7S. The van der Waals surface area contributed by atoms with Crippen molar-refractivity contribution >= 4 is 37.8 Å². The van der Waals surface area contributed by atoms with E-state index in [-0.39, 0.29) is 6.42 Å². The van der Waals surface area contributed by atoms with Gasteiger partial charge in [-0.05, 0) is 136 Å². The van der Waals surface area contributed by atoms with Crippen LogP contribution in [0, 0.1) is 23.7 Å². The fourth-order valence-electron chi connectivity index (χ4n) is 10.5. The molecule has 0 spiro atoms. The highest BCUT2D eigenvalue weighted by atomic mass is 35.7. The molecule has 276 valence electrons. The molecule has 1 aliphatic heterocycles. The third kappa shape index (κ3) is 6.02. The van der Waals surface area contributed by atoms with Gasteiger partial charge in [0.25, 0.3) is 0 Å². The molecule has 4 bridgehead atoms. The first-order chi connectivity index (χ1) is 25.1. The molecule has 5 fully saturated rings. The first kappa shape index (κ1) is 35.5. The van der Waals surface area contributed by atoms with E-state index < -0.39 is 50.9 Å². The molecule has 1 heterocycles. The second-order valence-electron chi connectivity index (χ2n) is 16.0. The third-order valence-electron chi connectivity index (χ3n) is 13.1. The summed E-state index contributed by atoms with van der Waals surface area (Å²) in [6.45, 7) is 3.58. The maximum absolute atomic E-state index is 14.2. The largest absolute Gasteiger partial charge is 0.496 e. The van der Waals surface area contributed by atoms with Crippen LogP contribution >= 0.6 is 19.9 Å². The van der Waals surface area contributed by atoms with Gasteiger partial charge in [0.15, 0.2) is 6.61 Å². The van der Waals surface area contributed by atoms with E-state index in [9.17, 15) is 14.4 Å². The lowest BCUT2D eigenvalue weighted by atomic mass is 9.50. The van der Waals surface area contributed by atoms with Crippen molar-refractivity contribution in [2.45, 2.75) is 116 Å². The minimum atomic E-state index is -2.25. The Kier molecular flexibility index (Phi) is 9.38. The molecule has 3 aromatic carbocycles. The molecule has 1 unspecified atom stereocenters. The van der Waals surface area contributed by atoms with Gasteiger partial charge >= 0.3 is 17.9 Å². The Morgan fingerprint density at radius 3 is 2.00 bits per heavy atom. The van der Waals surface area contributed by atoms with Crippen molar-refractivity contribution in [2.24, 2.45) is 23.7 Å². The SMILES string of the molecule is CCC1(OC(=O)CC(C(=O)OCC(=O)OC2(C)C3CC4CC(C3)CC2C4)c2cc(S3(Cl)c4ccccc4-c4ccccc43)ccc2OC)CCCC1. The normalized spacial score (nSPS) is 28.3. The van der Waals surface area contributed by atoms with Crippen LogP contribution < -0.4 is 4.74 Å². The van der Waals surface area contributed by atoms with Crippen molar-refractivity contribution in [3.8, 4) is 16.9 Å². The van der Waals surface area contributed by atoms with E-state index in [4.69, 9.17) is 29.6 Å². The summed E-state index contributed by atoms with van der Waals surface area (Å²) in [6, 6.07) is 21.9. The molecule has 52 heavy (non-hydrogen) atoms. The van der Waals surface area contributed by atoms with E-state index in [0.29, 0.717) is 29.6 Å². The summed E-state index contributed by atoms with van der Waals surface area (Å²) in [5, 5.41) is 0. The molecule has 7 nitrogen and oxygen atoms in total. The summed E-state index contributed by atoms with van der Waals surface area (Å²) in [5.74, 6) is -0.268. The van der Waals surface area contributed by atoms with E-state index in [2.05, 4.69) is 31.2 Å². The van der Waals surface area contributed by atoms with Gasteiger partial charge in [-0.1, -0.05) is 63.2 Å². The van der Waals surface area contributed by atoms with Gasteiger partial charge in [0.05, 0.1) is 19.4 Å². The Balaban J connectivity index is 1.09. The lowest BCUT2D eigenvalue weighted by molar-refractivity contribution is -0.207. The highest BCUT2D eigenvalue weighted by Gasteiger charge is 2.57. The second-order valence-corrected chi connectivity index (χ2v) is 19.8. The number of benzene rings is 3. The maximum atomic E-state index is 14.2. The summed E-state index contributed by atoms with van der Waals surface area (Å²) >= 11 is 0. The molecule has 5 aliphatic carbocycles. The minimum absolute atomic E-state index is 0.266. The van der Waals surface area contributed by atoms with Crippen LogP contribution in [-0.4, -0.2) is 42.8 Å². The van der Waals surface area contributed by atoms with Crippen molar-refractivity contribution in [1.82, 2.24) is 0 Å². The summed E-state index contributed by atoms with van der Waals surface area (Å²) in [7, 11) is 7.09. The molecule has 6 aliphatic rings. The number of halogens is 1. The highest BCUT2D eigenvalue weighted by molar-refractivity contribution is 8.51. The van der Waals surface area contributed by atoms with E-state index in [1.54, 1.807) is 0 Å². The fraction of sp³-hybridized carbons (Fsp3) is 0.512. The Bertz CT molecular complexity index is 1810. The van der Waals surface area contributed by atoms with Gasteiger partial charge in [0, 0.05) is 20.2 Å². The zero-order chi connectivity index (χ0) is 36.3. The highest BCUT2D eigenvalue weighted by Crippen LogP contribution is 2.79. The minimum Gasteiger partial charge on any atom is -0.496 e. The number of rotatable bonds is 11.